The zero-order valence-electron chi connectivity index (χ0n) is 12.2. The smallest absolute Gasteiger partial charge is 0.308 e. The number of nitrogens with zero attached hydrogens (tertiary/aromatic N) is 1. The van der Waals surface area contributed by atoms with E-state index in [1.807, 2.05) is 25.1 Å². The average Bonchev–Trinajstić information content (AvgIpc) is 2.68. The fourth-order valence-corrected chi connectivity index (χ4v) is 3.08. The van der Waals surface area contributed by atoms with Crippen LogP contribution in [0.5, 0.6) is 11.5 Å². The Balaban J connectivity index is 1.68. The maximum Gasteiger partial charge on any atom is 0.308 e. The summed E-state index contributed by atoms with van der Waals surface area (Å²) in [5.41, 5.74) is 1.14. The average molecular weight is 291 g/mol. The number of rotatable bonds is 3. The maximum atomic E-state index is 11.2. The van der Waals surface area contributed by atoms with E-state index >= 15 is 0 Å². The Morgan fingerprint density at radius 2 is 2.05 bits per heavy atom. The van der Waals surface area contributed by atoms with Gasteiger partial charge in [0.25, 0.3) is 0 Å². The fourth-order valence-electron chi connectivity index (χ4n) is 3.08. The van der Waals surface area contributed by atoms with Gasteiger partial charge in [0.15, 0.2) is 11.5 Å². The number of hydrogen-bond acceptors (Lipinski definition) is 4. The third kappa shape index (κ3) is 3.13. The van der Waals surface area contributed by atoms with Crippen LogP contribution in [0.15, 0.2) is 18.2 Å². The molecule has 1 fully saturated rings. The normalized spacial score (nSPS) is 25.6. The van der Waals surface area contributed by atoms with Crippen LogP contribution >= 0.6 is 0 Å². The lowest BCUT2D eigenvalue weighted by Crippen LogP contribution is -2.23. The van der Waals surface area contributed by atoms with Gasteiger partial charge in [-0.1, -0.05) is 13.0 Å². The van der Waals surface area contributed by atoms with Crippen LogP contribution in [0, 0.1) is 11.8 Å². The van der Waals surface area contributed by atoms with E-state index < -0.39 is 5.97 Å². The summed E-state index contributed by atoms with van der Waals surface area (Å²) in [6.07, 6.45) is 0.897. The number of hydrogen-bond donors (Lipinski definition) is 1. The Bertz CT molecular complexity index is 531. The van der Waals surface area contributed by atoms with Gasteiger partial charge in [-0.3, -0.25) is 9.69 Å². The van der Waals surface area contributed by atoms with Gasteiger partial charge in [-0.05, 0) is 23.6 Å². The second-order valence-corrected chi connectivity index (χ2v) is 5.95. The molecular formula is C16H21NO4. The van der Waals surface area contributed by atoms with Gasteiger partial charge in [0, 0.05) is 26.1 Å². The molecule has 0 amide bonds. The first-order chi connectivity index (χ1) is 10.1. The summed E-state index contributed by atoms with van der Waals surface area (Å²) in [6.45, 7) is 5.57. The molecule has 5 nitrogen and oxygen atoms in total. The Hall–Kier alpha value is -1.75. The molecule has 3 rings (SSSR count). The minimum absolute atomic E-state index is 0.197. The number of fused-ring (bicyclic) bond motifs is 1. The molecule has 2 heterocycles. The summed E-state index contributed by atoms with van der Waals surface area (Å²) >= 11 is 0. The van der Waals surface area contributed by atoms with Crippen molar-refractivity contribution in [1.29, 1.82) is 0 Å². The highest BCUT2D eigenvalue weighted by molar-refractivity contribution is 5.71. The number of likely N-dealkylation sites (tertiary alicyclic amines) is 1. The zero-order valence-corrected chi connectivity index (χ0v) is 12.2. The predicted molar refractivity (Wildman–Crippen MR) is 77.6 cm³/mol. The molecule has 1 N–H and O–H groups in total. The van der Waals surface area contributed by atoms with E-state index in [2.05, 4.69) is 4.90 Å². The third-order valence-electron chi connectivity index (χ3n) is 4.22. The molecule has 2 aliphatic rings. The van der Waals surface area contributed by atoms with Crippen LogP contribution in [0.4, 0.5) is 0 Å². The van der Waals surface area contributed by atoms with Crippen LogP contribution in [-0.2, 0) is 11.3 Å². The molecule has 0 saturated carbocycles. The second-order valence-electron chi connectivity index (χ2n) is 5.95. The summed E-state index contributed by atoms with van der Waals surface area (Å²) in [5.74, 6) is 0.846. The van der Waals surface area contributed by atoms with Crippen molar-refractivity contribution in [2.24, 2.45) is 11.8 Å². The van der Waals surface area contributed by atoms with Crippen LogP contribution in [0.2, 0.25) is 0 Å². The minimum Gasteiger partial charge on any atom is -0.490 e. The van der Waals surface area contributed by atoms with Gasteiger partial charge in [-0.2, -0.15) is 0 Å². The van der Waals surface area contributed by atoms with Crippen molar-refractivity contribution in [2.75, 3.05) is 26.3 Å². The number of carboxylic acids is 1. The lowest BCUT2D eigenvalue weighted by atomic mass is 9.99. The monoisotopic (exact) mass is 291 g/mol. The fraction of sp³-hybridized carbons (Fsp3) is 0.562. The van der Waals surface area contributed by atoms with Crippen LogP contribution in [0.3, 0.4) is 0 Å². The molecule has 0 aliphatic carbocycles. The number of aliphatic carboxylic acids is 1. The number of carbonyl (C=O) groups is 1. The standard InChI is InChI=1S/C16H21NO4/c1-11-8-17(10-13(11)16(18)19)9-12-3-4-14-15(7-12)21-6-2-5-20-14/h3-4,7,11,13H,2,5-6,8-10H2,1H3,(H,18,19)/t11-,13-/m1/s1. The van der Waals surface area contributed by atoms with Crippen molar-refractivity contribution in [1.82, 2.24) is 4.90 Å². The molecule has 0 unspecified atom stereocenters. The summed E-state index contributed by atoms with van der Waals surface area (Å²) in [4.78, 5) is 13.4. The number of carboxylic acid groups (broad SMARTS) is 1. The Morgan fingerprint density at radius 3 is 2.76 bits per heavy atom. The van der Waals surface area contributed by atoms with Crippen molar-refractivity contribution in [3.05, 3.63) is 23.8 Å². The molecule has 2 aliphatic heterocycles. The van der Waals surface area contributed by atoms with E-state index in [1.54, 1.807) is 0 Å². The van der Waals surface area contributed by atoms with Gasteiger partial charge in [0.05, 0.1) is 19.1 Å². The molecule has 5 heteroatoms. The van der Waals surface area contributed by atoms with Crippen molar-refractivity contribution in [3.63, 3.8) is 0 Å². The Morgan fingerprint density at radius 1 is 1.29 bits per heavy atom. The molecule has 0 radical (unpaired) electrons. The first-order valence-electron chi connectivity index (χ1n) is 7.47. The lowest BCUT2D eigenvalue weighted by molar-refractivity contribution is -0.142. The summed E-state index contributed by atoms with van der Waals surface area (Å²) in [5, 5.41) is 9.19. The van der Waals surface area contributed by atoms with Crippen LogP contribution in [0.1, 0.15) is 18.9 Å². The van der Waals surface area contributed by atoms with Crippen molar-refractivity contribution in [3.8, 4) is 11.5 Å². The lowest BCUT2D eigenvalue weighted by Gasteiger charge is -2.16. The molecule has 0 spiro atoms. The largest absolute Gasteiger partial charge is 0.490 e. The molecule has 1 aromatic carbocycles. The predicted octanol–water partition coefficient (Wildman–Crippen LogP) is 2.00. The third-order valence-corrected chi connectivity index (χ3v) is 4.22. The van der Waals surface area contributed by atoms with Gasteiger partial charge in [0.2, 0.25) is 0 Å². The summed E-state index contributed by atoms with van der Waals surface area (Å²) in [7, 11) is 0. The molecule has 2 atom stereocenters. The highest BCUT2D eigenvalue weighted by atomic mass is 16.5. The van der Waals surface area contributed by atoms with Crippen LogP contribution < -0.4 is 9.47 Å². The van der Waals surface area contributed by atoms with Gasteiger partial charge in [-0.15, -0.1) is 0 Å². The quantitative estimate of drug-likeness (QED) is 0.923. The first-order valence-corrected chi connectivity index (χ1v) is 7.47. The van der Waals surface area contributed by atoms with Gasteiger partial charge < -0.3 is 14.6 Å². The van der Waals surface area contributed by atoms with E-state index in [0.717, 1.165) is 36.6 Å². The van der Waals surface area contributed by atoms with E-state index in [9.17, 15) is 9.90 Å². The van der Waals surface area contributed by atoms with Crippen LogP contribution in [-0.4, -0.2) is 42.3 Å². The molecule has 21 heavy (non-hydrogen) atoms. The zero-order chi connectivity index (χ0) is 14.8. The van der Waals surface area contributed by atoms with Crippen LogP contribution in [0.25, 0.3) is 0 Å². The minimum atomic E-state index is -0.691. The molecule has 0 bridgehead atoms. The first kappa shape index (κ1) is 14.2. The maximum absolute atomic E-state index is 11.2. The topological polar surface area (TPSA) is 59.0 Å². The van der Waals surface area contributed by atoms with Gasteiger partial charge in [-0.25, -0.2) is 0 Å². The molecule has 1 aromatic rings. The van der Waals surface area contributed by atoms with Crippen molar-refractivity contribution in [2.45, 2.75) is 19.9 Å². The molecular weight excluding hydrogens is 270 g/mol. The van der Waals surface area contributed by atoms with E-state index in [0.29, 0.717) is 19.8 Å². The van der Waals surface area contributed by atoms with Gasteiger partial charge >= 0.3 is 5.97 Å². The highest BCUT2D eigenvalue weighted by Gasteiger charge is 2.34. The highest BCUT2D eigenvalue weighted by Crippen LogP contribution is 2.32. The SMILES string of the molecule is C[C@@H]1CN(Cc2ccc3c(c2)OCCCO3)C[C@H]1C(=O)O. The van der Waals surface area contributed by atoms with E-state index in [4.69, 9.17) is 9.47 Å². The summed E-state index contributed by atoms with van der Waals surface area (Å²) in [6, 6.07) is 6.00. The van der Waals surface area contributed by atoms with E-state index in [1.165, 1.54) is 0 Å². The van der Waals surface area contributed by atoms with E-state index in [-0.39, 0.29) is 11.8 Å². The Labute approximate surface area is 124 Å². The van der Waals surface area contributed by atoms with Gasteiger partial charge in [0.1, 0.15) is 0 Å². The van der Waals surface area contributed by atoms with Crippen molar-refractivity contribution < 1.29 is 19.4 Å². The second kappa shape index (κ2) is 5.93. The van der Waals surface area contributed by atoms with Crippen molar-refractivity contribution >= 4 is 5.97 Å². The molecule has 1 saturated heterocycles. The molecule has 0 aromatic heterocycles. The summed E-state index contributed by atoms with van der Waals surface area (Å²) < 4.78 is 11.3. The number of ether oxygens (including phenoxy) is 2. The number of benzene rings is 1. The Kier molecular flexibility index (Phi) is 4.01. The molecule has 114 valence electrons.